The predicted molar refractivity (Wildman–Crippen MR) is 108 cm³/mol. The number of likely N-dealkylation sites (tertiary alicyclic amines) is 1. The average Bonchev–Trinajstić information content (AvgIpc) is 3.18. The zero-order valence-corrected chi connectivity index (χ0v) is 17.9. The number of amides is 3. The fraction of sp³-hybridized carbons (Fsp3) is 0.684. The highest BCUT2D eigenvalue weighted by Crippen LogP contribution is 2.21. The van der Waals surface area contributed by atoms with Gasteiger partial charge in [-0.3, -0.25) is 24.0 Å². The second-order valence-corrected chi connectivity index (χ2v) is 7.96. The van der Waals surface area contributed by atoms with Gasteiger partial charge in [0.1, 0.15) is 18.1 Å². The van der Waals surface area contributed by atoms with Crippen molar-refractivity contribution >= 4 is 35.6 Å². The summed E-state index contributed by atoms with van der Waals surface area (Å²) in [6, 6.07) is -4.84. The van der Waals surface area contributed by atoms with Gasteiger partial charge in [-0.15, -0.1) is 0 Å². The van der Waals surface area contributed by atoms with E-state index in [1.807, 2.05) is 0 Å². The van der Waals surface area contributed by atoms with Crippen LogP contribution in [0.15, 0.2) is 0 Å². The molecule has 0 aromatic carbocycles. The van der Waals surface area contributed by atoms with E-state index in [0.717, 1.165) is 0 Å². The summed E-state index contributed by atoms with van der Waals surface area (Å²) in [5, 5.41) is 31.3. The number of hydrogen-bond donors (Lipinski definition) is 6. The molecule has 1 aliphatic heterocycles. The Morgan fingerprint density at radius 3 is 2.16 bits per heavy atom. The number of aliphatic carboxylic acids is 3. The molecular formula is C19H30N4O9. The summed E-state index contributed by atoms with van der Waals surface area (Å²) in [6.07, 6.45) is -0.550. The minimum absolute atomic E-state index is 0.116. The fourth-order valence-electron chi connectivity index (χ4n) is 3.31. The normalized spacial score (nSPS) is 18.5. The first-order valence-corrected chi connectivity index (χ1v) is 10.2. The molecule has 0 aromatic rings. The van der Waals surface area contributed by atoms with Crippen LogP contribution in [0.1, 0.15) is 46.0 Å². The maximum absolute atomic E-state index is 13.1. The SMILES string of the molecule is CC(C)C(NC(=O)C(N)CCC(=O)O)C(=O)N1CCCC1C(=O)NC(CC(=O)O)C(=O)O. The van der Waals surface area contributed by atoms with E-state index in [1.54, 1.807) is 13.8 Å². The number of nitrogens with zero attached hydrogens (tertiary/aromatic N) is 1. The van der Waals surface area contributed by atoms with E-state index in [4.69, 9.17) is 21.1 Å². The van der Waals surface area contributed by atoms with Gasteiger partial charge in [0.05, 0.1) is 12.5 Å². The van der Waals surface area contributed by atoms with Crippen LogP contribution in [0.4, 0.5) is 0 Å². The van der Waals surface area contributed by atoms with Gasteiger partial charge in [-0.2, -0.15) is 0 Å². The molecular weight excluding hydrogens is 428 g/mol. The van der Waals surface area contributed by atoms with E-state index in [9.17, 15) is 28.8 Å². The molecule has 32 heavy (non-hydrogen) atoms. The Labute approximate surface area is 184 Å². The quantitative estimate of drug-likeness (QED) is 0.196. The van der Waals surface area contributed by atoms with Crippen LogP contribution in [0, 0.1) is 5.92 Å². The summed E-state index contributed by atoms with van der Waals surface area (Å²) in [6.45, 7) is 3.53. The van der Waals surface area contributed by atoms with Crippen molar-refractivity contribution < 1.29 is 44.1 Å². The number of carboxylic acid groups (broad SMARTS) is 3. The predicted octanol–water partition coefficient (Wildman–Crippen LogP) is -1.65. The van der Waals surface area contributed by atoms with E-state index in [-0.39, 0.29) is 31.7 Å². The summed E-state index contributed by atoms with van der Waals surface area (Å²) in [5.74, 6) is -6.48. The van der Waals surface area contributed by atoms with Crippen molar-refractivity contribution in [2.45, 2.75) is 70.1 Å². The standard InChI is InChI=1S/C19H30N4O9/c1-9(2)15(22-16(28)10(20)5-6-13(24)25)18(30)23-7-3-4-12(23)17(29)21-11(19(31)32)8-14(26)27/h9-12,15H,3-8,20H2,1-2H3,(H,21,29)(H,22,28)(H,24,25)(H,26,27)(H,31,32). The van der Waals surface area contributed by atoms with Crippen molar-refractivity contribution in [3.63, 3.8) is 0 Å². The highest BCUT2D eigenvalue weighted by Gasteiger charge is 2.40. The molecule has 0 saturated carbocycles. The van der Waals surface area contributed by atoms with Crippen LogP contribution in [0.25, 0.3) is 0 Å². The number of carboxylic acids is 3. The van der Waals surface area contributed by atoms with Crippen molar-refractivity contribution in [1.82, 2.24) is 15.5 Å². The van der Waals surface area contributed by atoms with E-state index in [2.05, 4.69) is 10.6 Å². The molecule has 7 N–H and O–H groups in total. The van der Waals surface area contributed by atoms with Crippen molar-refractivity contribution in [1.29, 1.82) is 0 Å². The number of rotatable bonds is 12. The molecule has 1 rings (SSSR count). The van der Waals surface area contributed by atoms with Gasteiger partial charge in [0.25, 0.3) is 0 Å². The lowest BCUT2D eigenvalue weighted by molar-refractivity contribution is -0.148. The molecule has 4 atom stereocenters. The highest BCUT2D eigenvalue weighted by atomic mass is 16.4. The maximum Gasteiger partial charge on any atom is 0.326 e. The molecule has 0 bridgehead atoms. The molecule has 13 heteroatoms. The molecule has 4 unspecified atom stereocenters. The molecule has 0 aliphatic carbocycles. The van der Waals surface area contributed by atoms with Gasteiger partial charge in [0.15, 0.2) is 0 Å². The van der Waals surface area contributed by atoms with E-state index >= 15 is 0 Å². The number of carbonyl (C=O) groups is 6. The molecule has 0 radical (unpaired) electrons. The Bertz CT molecular complexity index is 755. The van der Waals surface area contributed by atoms with E-state index in [0.29, 0.717) is 6.42 Å². The topological polar surface area (TPSA) is 216 Å². The van der Waals surface area contributed by atoms with Gasteiger partial charge < -0.3 is 36.6 Å². The van der Waals surface area contributed by atoms with E-state index in [1.165, 1.54) is 4.90 Å². The minimum atomic E-state index is -1.65. The molecule has 13 nitrogen and oxygen atoms in total. The van der Waals surface area contributed by atoms with Crippen molar-refractivity contribution in [2.75, 3.05) is 6.54 Å². The Morgan fingerprint density at radius 2 is 1.66 bits per heavy atom. The lowest BCUT2D eigenvalue weighted by Crippen LogP contribution is -2.58. The third-order valence-corrected chi connectivity index (χ3v) is 5.07. The zero-order valence-electron chi connectivity index (χ0n) is 17.9. The Morgan fingerprint density at radius 1 is 1.03 bits per heavy atom. The monoisotopic (exact) mass is 458 g/mol. The third kappa shape index (κ3) is 7.80. The molecule has 1 saturated heterocycles. The third-order valence-electron chi connectivity index (χ3n) is 5.07. The Kier molecular flexibility index (Phi) is 10.0. The second kappa shape index (κ2) is 12.0. The van der Waals surface area contributed by atoms with Gasteiger partial charge in [-0.25, -0.2) is 4.79 Å². The highest BCUT2D eigenvalue weighted by molar-refractivity contribution is 5.95. The minimum Gasteiger partial charge on any atom is -0.481 e. The lowest BCUT2D eigenvalue weighted by Gasteiger charge is -2.31. The summed E-state index contributed by atoms with van der Waals surface area (Å²) in [5.41, 5.74) is 5.70. The van der Waals surface area contributed by atoms with Gasteiger partial charge in [0, 0.05) is 13.0 Å². The van der Waals surface area contributed by atoms with Crippen LogP contribution < -0.4 is 16.4 Å². The number of nitrogens with one attached hydrogen (secondary N) is 2. The van der Waals surface area contributed by atoms with Crippen molar-refractivity contribution in [2.24, 2.45) is 11.7 Å². The van der Waals surface area contributed by atoms with Crippen LogP contribution >= 0.6 is 0 Å². The number of nitrogens with two attached hydrogens (primary N) is 1. The van der Waals surface area contributed by atoms with Gasteiger partial charge in [-0.1, -0.05) is 13.8 Å². The van der Waals surface area contributed by atoms with Crippen molar-refractivity contribution in [3.8, 4) is 0 Å². The first-order chi connectivity index (χ1) is 14.8. The zero-order chi connectivity index (χ0) is 24.6. The van der Waals surface area contributed by atoms with Gasteiger partial charge in [-0.05, 0) is 25.2 Å². The molecule has 1 heterocycles. The Hall–Kier alpha value is -3.22. The summed E-state index contributed by atoms with van der Waals surface area (Å²) in [4.78, 5) is 72.0. The molecule has 0 spiro atoms. The molecule has 0 aromatic heterocycles. The maximum atomic E-state index is 13.1. The summed E-state index contributed by atoms with van der Waals surface area (Å²) < 4.78 is 0. The fourth-order valence-corrected chi connectivity index (χ4v) is 3.31. The van der Waals surface area contributed by atoms with Crippen LogP contribution in [-0.2, 0) is 28.8 Å². The number of hydrogen-bond acceptors (Lipinski definition) is 7. The van der Waals surface area contributed by atoms with Gasteiger partial charge >= 0.3 is 17.9 Å². The average molecular weight is 458 g/mol. The lowest BCUT2D eigenvalue weighted by atomic mass is 10.0. The van der Waals surface area contributed by atoms with Crippen LogP contribution in [0.2, 0.25) is 0 Å². The Balaban J connectivity index is 2.90. The summed E-state index contributed by atoms with van der Waals surface area (Å²) >= 11 is 0. The molecule has 1 fully saturated rings. The molecule has 3 amide bonds. The number of carbonyl (C=O) groups excluding carboxylic acids is 3. The second-order valence-electron chi connectivity index (χ2n) is 7.96. The van der Waals surface area contributed by atoms with Crippen LogP contribution in [-0.4, -0.2) is 86.6 Å². The molecule has 1 aliphatic rings. The van der Waals surface area contributed by atoms with Crippen LogP contribution in [0.3, 0.4) is 0 Å². The molecule has 180 valence electrons. The first-order valence-electron chi connectivity index (χ1n) is 10.2. The largest absolute Gasteiger partial charge is 0.481 e. The van der Waals surface area contributed by atoms with Crippen molar-refractivity contribution in [3.05, 3.63) is 0 Å². The smallest absolute Gasteiger partial charge is 0.326 e. The van der Waals surface area contributed by atoms with Crippen LogP contribution in [0.5, 0.6) is 0 Å². The van der Waals surface area contributed by atoms with Gasteiger partial charge in [0.2, 0.25) is 17.7 Å². The van der Waals surface area contributed by atoms with E-state index < -0.39 is 66.2 Å². The first kappa shape index (κ1) is 26.8. The summed E-state index contributed by atoms with van der Waals surface area (Å²) in [7, 11) is 0.